The van der Waals surface area contributed by atoms with E-state index in [0.29, 0.717) is 17.1 Å². The van der Waals surface area contributed by atoms with Crippen molar-refractivity contribution in [3.05, 3.63) is 53.6 Å². The van der Waals surface area contributed by atoms with E-state index in [4.69, 9.17) is 11.6 Å². The molecule has 1 heterocycles. The molecule has 2 aromatic carbocycles. The number of amides is 2. The Labute approximate surface area is 152 Å². The van der Waals surface area contributed by atoms with Gasteiger partial charge in [0.1, 0.15) is 6.04 Å². The molecule has 6 heteroatoms. The fourth-order valence-electron chi connectivity index (χ4n) is 2.78. The summed E-state index contributed by atoms with van der Waals surface area (Å²) in [6, 6.07) is 14.1. The first kappa shape index (κ1) is 17.3. The average Bonchev–Trinajstić information content (AvgIpc) is 3.03. The highest BCUT2D eigenvalue weighted by atomic mass is 35.5. The molecule has 1 unspecified atom stereocenters. The molecule has 3 rings (SSSR count). The minimum absolute atomic E-state index is 0.144. The summed E-state index contributed by atoms with van der Waals surface area (Å²) in [5, 5.41) is 6.64. The van der Waals surface area contributed by atoms with Crippen LogP contribution in [0.4, 0.5) is 17.1 Å². The Balaban J connectivity index is 1.64. The summed E-state index contributed by atoms with van der Waals surface area (Å²) < 4.78 is 0. The van der Waals surface area contributed by atoms with Gasteiger partial charge in [-0.05, 0) is 55.8 Å². The molecule has 2 amide bonds. The van der Waals surface area contributed by atoms with Crippen LogP contribution in [0.5, 0.6) is 0 Å². The lowest BCUT2D eigenvalue weighted by Gasteiger charge is -2.19. The lowest BCUT2D eigenvalue weighted by atomic mass is 10.2. The average molecular weight is 358 g/mol. The second-order valence-electron chi connectivity index (χ2n) is 6.06. The molecule has 0 aromatic heterocycles. The Morgan fingerprint density at radius 3 is 2.60 bits per heavy atom. The monoisotopic (exact) mass is 357 g/mol. The third-order valence-electron chi connectivity index (χ3n) is 4.12. The van der Waals surface area contributed by atoms with Gasteiger partial charge in [0.05, 0.1) is 0 Å². The van der Waals surface area contributed by atoms with E-state index in [0.717, 1.165) is 24.3 Å². The van der Waals surface area contributed by atoms with Gasteiger partial charge in [0.2, 0.25) is 11.8 Å². The first-order chi connectivity index (χ1) is 12.0. The number of rotatable bonds is 5. The zero-order chi connectivity index (χ0) is 17.8. The van der Waals surface area contributed by atoms with Crippen LogP contribution < -0.4 is 15.5 Å². The lowest BCUT2D eigenvalue weighted by molar-refractivity contribution is -0.117. The minimum Gasteiger partial charge on any atom is -0.374 e. The van der Waals surface area contributed by atoms with Gasteiger partial charge in [0.25, 0.3) is 0 Å². The van der Waals surface area contributed by atoms with Crippen molar-refractivity contribution >= 4 is 40.5 Å². The molecule has 5 nitrogen and oxygen atoms in total. The molecule has 2 N–H and O–H groups in total. The molecule has 1 aliphatic heterocycles. The molecule has 0 aliphatic carbocycles. The topological polar surface area (TPSA) is 61.4 Å². The van der Waals surface area contributed by atoms with E-state index in [1.165, 1.54) is 0 Å². The summed E-state index contributed by atoms with van der Waals surface area (Å²) in [5.41, 5.74) is 2.35. The first-order valence-corrected chi connectivity index (χ1v) is 8.64. The maximum atomic E-state index is 12.3. The summed E-state index contributed by atoms with van der Waals surface area (Å²) >= 11 is 5.84. The van der Waals surface area contributed by atoms with E-state index in [2.05, 4.69) is 10.6 Å². The molecular weight excluding hydrogens is 338 g/mol. The molecule has 0 saturated carbocycles. The van der Waals surface area contributed by atoms with E-state index in [1.54, 1.807) is 36.1 Å². The Morgan fingerprint density at radius 1 is 1.16 bits per heavy atom. The van der Waals surface area contributed by atoms with Crippen LogP contribution in [0.25, 0.3) is 0 Å². The van der Waals surface area contributed by atoms with E-state index < -0.39 is 6.04 Å². The molecule has 2 aromatic rings. The number of hydrogen-bond donors (Lipinski definition) is 2. The van der Waals surface area contributed by atoms with Crippen LogP contribution >= 0.6 is 11.6 Å². The van der Waals surface area contributed by atoms with Gasteiger partial charge in [-0.1, -0.05) is 17.7 Å². The number of nitrogens with zero attached hydrogens (tertiary/aromatic N) is 1. The van der Waals surface area contributed by atoms with Gasteiger partial charge in [-0.2, -0.15) is 0 Å². The standard InChI is InChI=1S/C19H20ClN3O2/c1-13(19(25)22-15-9-7-14(20)8-10-15)21-16-4-2-5-17(12-16)23-11-3-6-18(23)24/h2,4-5,7-10,12-13,21H,3,6,11H2,1H3,(H,22,25). The Hall–Kier alpha value is -2.53. The molecule has 1 fully saturated rings. The van der Waals surface area contributed by atoms with Crippen molar-refractivity contribution in [3.8, 4) is 0 Å². The van der Waals surface area contributed by atoms with E-state index in [9.17, 15) is 9.59 Å². The van der Waals surface area contributed by atoms with Gasteiger partial charge in [0.15, 0.2) is 0 Å². The van der Waals surface area contributed by atoms with Crippen molar-refractivity contribution < 1.29 is 9.59 Å². The molecule has 25 heavy (non-hydrogen) atoms. The molecule has 0 spiro atoms. The highest BCUT2D eigenvalue weighted by Crippen LogP contribution is 2.24. The Kier molecular flexibility index (Phi) is 5.24. The quantitative estimate of drug-likeness (QED) is 0.853. The first-order valence-electron chi connectivity index (χ1n) is 8.26. The van der Waals surface area contributed by atoms with E-state index in [1.807, 2.05) is 24.3 Å². The third-order valence-corrected chi connectivity index (χ3v) is 4.37. The van der Waals surface area contributed by atoms with Crippen LogP contribution in [0.3, 0.4) is 0 Å². The van der Waals surface area contributed by atoms with Gasteiger partial charge in [-0.15, -0.1) is 0 Å². The smallest absolute Gasteiger partial charge is 0.246 e. The maximum absolute atomic E-state index is 12.3. The minimum atomic E-state index is -0.430. The van der Waals surface area contributed by atoms with Gasteiger partial charge in [-0.3, -0.25) is 9.59 Å². The highest BCUT2D eigenvalue weighted by molar-refractivity contribution is 6.30. The van der Waals surface area contributed by atoms with Crippen LogP contribution in [0.15, 0.2) is 48.5 Å². The highest BCUT2D eigenvalue weighted by Gasteiger charge is 2.22. The molecule has 1 aliphatic rings. The molecule has 1 saturated heterocycles. The Bertz CT molecular complexity index is 776. The zero-order valence-electron chi connectivity index (χ0n) is 14.0. The lowest BCUT2D eigenvalue weighted by Crippen LogP contribution is -2.32. The summed E-state index contributed by atoms with van der Waals surface area (Å²) in [5.74, 6) is -0.00402. The van der Waals surface area contributed by atoms with Crippen molar-refractivity contribution in [1.82, 2.24) is 0 Å². The second-order valence-corrected chi connectivity index (χ2v) is 6.50. The fourth-order valence-corrected chi connectivity index (χ4v) is 2.91. The second kappa shape index (κ2) is 7.57. The van der Waals surface area contributed by atoms with Crippen molar-refractivity contribution in [1.29, 1.82) is 0 Å². The fraction of sp³-hybridized carbons (Fsp3) is 0.263. The van der Waals surface area contributed by atoms with Gasteiger partial charge < -0.3 is 15.5 Å². The largest absolute Gasteiger partial charge is 0.374 e. The van der Waals surface area contributed by atoms with Crippen LogP contribution in [-0.4, -0.2) is 24.4 Å². The van der Waals surface area contributed by atoms with E-state index >= 15 is 0 Å². The Morgan fingerprint density at radius 2 is 1.92 bits per heavy atom. The van der Waals surface area contributed by atoms with Crippen LogP contribution in [-0.2, 0) is 9.59 Å². The zero-order valence-corrected chi connectivity index (χ0v) is 14.7. The summed E-state index contributed by atoms with van der Waals surface area (Å²) in [6.45, 7) is 2.54. The molecule has 0 radical (unpaired) electrons. The number of carbonyl (C=O) groups is 2. The molecular formula is C19H20ClN3O2. The summed E-state index contributed by atoms with van der Waals surface area (Å²) in [4.78, 5) is 26.0. The van der Waals surface area contributed by atoms with E-state index in [-0.39, 0.29) is 11.8 Å². The predicted octanol–water partition coefficient (Wildman–Crippen LogP) is 3.91. The predicted molar refractivity (Wildman–Crippen MR) is 101 cm³/mol. The summed E-state index contributed by atoms with van der Waals surface area (Å²) in [7, 11) is 0. The molecule has 1 atom stereocenters. The van der Waals surface area contributed by atoms with Crippen molar-refractivity contribution in [2.45, 2.75) is 25.8 Å². The van der Waals surface area contributed by atoms with Crippen LogP contribution in [0, 0.1) is 0 Å². The number of halogens is 1. The van der Waals surface area contributed by atoms with Gasteiger partial charge in [-0.25, -0.2) is 0 Å². The van der Waals surface area contributed by atoms with Crippen LogP contribution in [0.1, 0.15) is 19.8 Å². The number of benzene rings is 2. The third kappa shape index (κ3) is 4.31. The SMILES string of the molecule is CC(Nc1cccc(N2CCCC2=O)c1)C(=O)Nc1ccc(Cl)cc1. The molecule has 0 bridgehead atoms. The number of anilines is 3. The van der Waals surface area contributed by atoms with Crippen molar-refractivity contribution in [2.24, 2.45) is 0 Å². The van der Waals surface area contributed by atoms with Gasteiger partial charge >= 0.3 is 0 Å². The van der Waals surface area contributed by atoms with Gasteiger partial charge in [0, 0.05) is 35.1 Å². The van der Waals surface area contributed by atoms with Crippen molar-refractivity contribution in [3.63, 3.8) is 0 Å². The molecule has 130 valence electrons. The van der Waals surface area contributed by atoms with Crippen molar-refractivity contribution in [2.75, 3.05) is 22.1 Å². The normalized spacial score (nSPS) is 15.1. The summed E-state index contributed by atoms with van der Waals surface area (Å²) in [6.07, 6.45) is 1.48. The number of carbonyl (C=O) groups excluding carboxylic acids is 2. The maximum Gasteiger partial charge on any atom is 0.246 e. The number of nitrogens with one attached hydrogen (secondary N) is 2. The number of hydrogen-bond acceptors (Lipinski definition) is 3. The van der Waals surface area contributed by atoms with Crippen LogP contribution in [0.2, 0.25) is 5.02 Å².